The second-order valence-electron chi connectivity index (χ2n) is 5.99. The number of benzene rings is 1. The zero-order valence-electron chi connectivity index (χ0n) is 12.1. The molecule has 0 amide bonds. The fraction of sp³-hybridized carbons (Fsp3) is 0.588. The lowest BCUT2D eigenvalue weighted by atomic mass is 10.00. The molecule has 2 aliphatic carbocycles. The number of rotatable bonds is 4. The maximum Gasteiger partial charge on any atom is 0.120 e. The Morgan fingerprint density at radius 2 is 2.25 bits per heavy atom. The normalized spacial score (nSPS) is 28.1. The molecular weight excluding hydrogens is 248 g/mol. The molecule has 106 valence electrons. The lowest BCUT2D eigenvalue weighted by molar-refractivity contribution is 0.201. The lowest BCUT2D eigenvalue weighted by Crippen LogP contribution is -2.42. The zero-order chi connectivity index (χ0) is 14.0. The maximum atomic E-state index is 9.39. The van der Waals surface area contributed by atoms with Gasteiger partial charge < -0.3 is 4.74 Å². The predicted octanol–water partition coefficient (Wildman–Crippen LogP) is 2.98. The number of nitrogens with one attached hydrogen (secondary N) is 1. The van der Waals surface area contributed by atoms with Crippen LogP contribution in [0, 0.1) is 11.3 Å². The summed E-state index contributed by atoms with van der Waals surface area (Å²) in [6.45, 7) is 2.88. The van der Waals surface area contributed by atoms with Crippen molar-refractivity contribution in [3.63, 3.8) is 0 Å². The molecule has 3 rings (SSSR count). The second kappa shape index (κ2) is 5.46. The Labute approximate surface area is 120 Å². The summed E-state index contributed by atoms with van der Waals surface area (Å²) in [6, 6.07) is 8.93. The Hall–Kier alpha value is -1.53. The lowest BCUT2D eigenvalue weighted by Gasteiger charge is -2.22. The fourth-order valence-corrected chi connectivity index (χ4v) is 3.55. The van der Waals surface area contributed by atoms with Gasteiger partial charge in [0.1, 0.15) is 17.4 Å². The zero-order valence-corrected chi connectivity index (χ0v) is 12.1. The van der Waals surface area contributed by atoms with Gasteiger partial charge in [-0.15, -0.1) is 0 Å². The van der Waals surface area contributed by atoms with Gasteiger partial charge in [-0.05, 0) is 61.9 Å². The van der Waals surface area contributed by atoms with Gasteiger partial charge in [-0.2, -0.15) is 5.26 Å². The SMILES string of the molecule is CCNC1(C#N)CCC(Oc2ccc3c(c2)CCC3)C1. The Kier molecular flexibility index (Phi) is 3.67. The minimum atomic E-state index is -0.379. The monoisotopic (exact) mass is 270 g/mol. The quantitative estimate of drug-likeness (QED) is 0.915. The van der Waals surface area contributed by atoms with Gasteiger partial charge >= 0.3 is 0 Å². The number of hydrogen-bond donors (Lipinski definition) is 1. The summed E-state index contributed by atoms with van der Waals surface area (Å²) in [5.74, 6) is 0.973. The third kappa shape index (κ3) is 2.53. The van der Waals surface area contributed by atoms with Crippen LogP contribution in [-0.2, 0) is 12.8 Å². The molecule has 0 spiro atoms. The summed E-state index contributed by atoms with van der Waals surface area (Å²) >= 11 is 0. The standard InChI is InChI=1S/C17H22N2O/c1-2-19-17(12-18)9-8-16(11-17)20-15-7-6-13-4-3-5-14(13)10-15/h6-7,10,16,19H,2-5,8-9,11H2,1H3. The van der Waals surface area contributed by atoms with E-state index in [0.717, 1.165) is 31.6 Å². The molecule has 2 atom stereocenters. The summed E-state index contributed by atoms with van der Waals surface area (Å²) in [5.41, 5.74) is 2.54. The highest BCUT2D eigenvalue weighted by Crippen LogP contribution is 2.33. The Morgan fingerprint density at radius 1 is 1.40 bits per heavy atom. The maximum absolute atomic E-state index is 9.39. The largest absolute Gasteiger partial charge is 0.490 e. The van der Waals surface area contributed by atoms with Crippen molar-refractivity contribution in [2.24, 2.45) is 0 Å². The van der Waals surface area contributed by atoms with Crippen LogP contribution >= 0.6 is 0 Å². The number of ether oxygens (including phenoxy) is 1. The molecule has 1 saturated carbocycles. The van der Waals surface area contributed by atoms with Crippen LogP contribution in [0.15, 0.2) is 18.2 Å². The minimum Gasteiger partial charge on any atom is -0.490 e. The van der Waals surface area contributed by atoms with E-state index in [0.29, 0.717) is 0 Å². The van der Waals surface area contributed by atoms with Gasteiger partial charge in [0.2, 0.25) is 0 Å². The van der Waals surface area contributed by atoms with Crippen molar-refractivity contribution in [1.29, 1.82) is 5.26 Å². The van der Waals surface area contributed by atoms with Crippen LogP contribution in [0.2, 0.25) is 0 Å². The van der Waals surface area contributed by atoms with E-state index in [1.54, 1.807) is 0 Å². The van der Waals surface area contributed by atoms with Crippen molar-refractivity contribution in [1.82, 2.24) is 5.32 Å². The molecule has 0 aromatic heterocycles. The Morgan fingerprint density at radius 3 is 3.05 bits per heavy atom. The molecule has 3 heteroatoms. The fourth-order valence-electron chi connectivity index (χ4n) is 3.55. The third-order valence-electron chi connectivity index (χ3n) is 4.57. The van der Waals surface area contributed by atoms with E-state index < -0.39 is 0 Å². The smallest absolute Gasteiger partial charge is 0.120 e. The molecule has 0 heterocycles. The minimum absolute atomic E-state index is 0.160. The molecule has 3 nitrogen and oxygen atoms in total. The van der Waals surface area contributed by atoms with Crippen LogP contribution in [0.25, 0.3) is 0 Å². The van der Waals surface area contributed by atoms with Crippen molar-refractivity contribution in [2.45, 2.75) is 57.1 Å². The average molecular weight is 270 g/mol. The van der Waals surface area contributed by atoms with Crippen LogP contribution < -0.4 is 10.1 Å². The topological polar surface area (TPSA) is 45.0 Å². The Balaban J connectivity index is 1.66. The van der Waals surface area contributed by atoms with Crippen molar-refractivity contribution in [2.75, 3.05) is 6.54 Å². The number of fused-ring (bicyclic) bond motifs is 1. The van der Waals surface area contributed by atoms with Gasteiger partial charge in [0, 0.05) is 6.42 Å². The summed E-state index contributed by atoms with van der Waals surface area (Å²) in [6.07, 6.45) is 6.43. The second-order valence-corrected chi connectivity index (χ2v) is 5.99. The molecule has 0 radical (unpaired) electrons. The molecular formula is C17H22N2O. The first-order valence-corrected chi connectivity index (χ1v) is 7.69. The third-order valence-corrected chi connectivity index (χ3v) is 4.57. The first kappa shape index (κ1) is 13.5. The average Bonchev–Trinajstić information content (AvgIpc) is 3.06. The van der Waals surface area contributed by atoms with Gasteiger partial charge in [0.25, 0.3) is 0 Å². The summed E-state index contributed by atoms with van der Waals surface area (Å²) in [5, 5.41) is 12.7. The molecule has 1 N–H and O–H groups in total. The number of nitriles is 1. The van der Waals surface area contributed by atoms with Crippen LogP contribution in [-0.4, -0.2) is 18.2 Å². The van der Waals surface area contributed by atoms with Crippen molar-refractivity contribution in [3.05, 3.63) is 29.3 Å². The molecule has 2 aliphatic rings. The number of aryl methyl sites for hydroxylation is 2. The highest BCUT2D eigenvalue weighted by Gasteiger charge is 2.39. The van der Waals surface area contributed by atoms with Crippen LogP contribution in [0.1, 0.15) is 43.7 Å². The first-order chi connectivity index (χ1) is 9.74. The molecule has 2 unspecified atom stereocenters. The van der Waals surface area contributed by atoms with Crippen molar-refractivity contribution < 1.29 is 4.74 Å². The molecule has 1 aromatic carbocycles. The van der Waals surface area contributed by atoms with E-state index in [2.05, 4.69) is 29.6 Å². The van der Waals surface area contributed by atoms with E-state index in [1.165, 1.54) is 30.4 Å². The van der Waals surface area contributed by atoms with E-state index in [9.17, 15) is 5.26 Å². The van der Waals surface area contributed by atoms with Gasteiger partial charge in [-0.25, -0.2) is 0 Å². The van der Waals surface area contributed by atoms with E-state index in [-0.39, 0.29) is 11.6 Å². The highest BCUT2D eigenvalue weighted by molar-refractivity contribution is 5.38. The van der Waals surface area contributed by atoms with Crippen molar-refractivity contribution >= 4 is 0 Å². The molecule has 0 bridgehead atoms. The van der Waals surface area contributed by atoms with E-state index >= 15 is 0 Å². The first-order valence-electron chi connectivity index (χ1n) is 7.69. The summed E-state index contributed by atoms with van der Waals surface area (Å²) in [4.78, 5) is 0. The Bertz CT molecular complexity index is 534. The van der Waals surface area contributed by atoms with Crippen LogP contribution in [0.3, 0.4) is 0 Å². The molecule has 0 aliphatic heterocycles. The molecule has 0 saturated heterocycles. The summed E-state index contributed by atoms with van der Waals surface area (Å²) < 4.78 is 6.11. The molecule has 20 heavy (non-hydrogen) atoms. The van der Waals surface area contributed by atoms with Gasteiger partial charge in [0.15, 0.2) is 0 Å². The van der Waals surface area contributed by atoms with Gasteiger partial charge in [-0.3, -0.25) is 5.32 Å². The van der Waals surface area contributed by atoms with Crippen LogP contribution in [0.5, 0.6) is 5.75 Å². The predicted molar refractivity (Wildman–Crippen MR) is 78.8 cm³/mol. The number of nitrogens with zero attached hydrogens (tertiary/aromatic N) is 1. The van der Waals surface area contributed by atoms with E-state index in [1.807, 2.05) is 6.92 Å². The van der Waals surface area contributed by atoms with Crippen LogP contribution in [0.4, 0.5) is 0 Å². The molecule has 1 aromatic rings. The van der Waals surface area contributed by atoms with Gasteiger partial charge in [0.05, 0.1) is 6.07 Å². The molecule has 1 fully saturated rings. The number of hydrogen-bond acceptors (Lipinski definition) is 3. The van der Waals surface area contributed by atoms with E-state index in [4.69, 9.17) is 4.74 Å². The highest BCUT2D eigenvalue weighted by atomic mass is 16.5. The van der Waals surface area contributed by atoms with Crippen molar-refractivity contribution in [3.8, 4) is 11.8 Å². The summed E-state index contributed by atoms with van der Waals surface area (Å²) in [7, 11) is 0. The van der Waals surface area contributed by atoms with Gasteiger partial charge in [-0.1, -0.05) is 13.0 Å².